The van der Waals surface area contributed by atoms with Crippen LogP contribution in [-0.2, 0) is 22.5 Å². The first kappa shape index (κ1) is 30.0. The first-order valence-corrected chi connectivity index (χ1v) is 14.5. The van der Waals surface area contributed by atoms with Crippen molar-refractivity contribution < 1.29 is 28.2 Å². The molecule has 10 heteroatoms. The van der Waals surface area contributed by atoms with Crippen molar-refractivity contribution >= 4 is 23.6 Å². The predicted molar refractivity (Wildman–Crippen MR) is 154 cm³/mol. The van der Waals surface area contributed by atoms with Crippen LogP contribution in [0.15, 0.2) is 85.5 Å². The van der Waals surface area contributed by atoms with Crippen molar-refractivity contribution in [2.24, 2.45) is 0 Å². The summed E-state index contributed by atoms with van der Waals surface area (Å²) in [5, 5.41) is 12.4. The maximum atomic E-state index is 13.7. The zero-order valence-corrected chi connectivity index (χ0v) is 23.3. The van der Waals surface area contributed by atoms with Gasteiger partial charge in [-0.3, -0.25) is 4.79 Å². The molecule has 7 nitrogen and oxygen atoms in total. The van der Waals surface area contributed by atoms with Crippen molar-refractivity contribution in [2.75, 3.05) is 18.6 Å². The summed E-state index contributed by atoms with van der Waals surface area (Å²) in [5.41, 5.74) is 3.05. The van der Waals surface area contributed by atoms with Crippen LogP contribution in [0.2, 0.25) is 0 Å². The summed E-state index contributed by atoms with van der Waals surface area (Å²) in [6, 6.07) is 16.2. The second kappa shape index (κ2) is 14.6. The number of thioether (sulfide) groups is 1. The third-order valence-corrected chi connectivity index (χ3v) is 7.21. The number of ether oxygens (including phenoxy) is 1. The van der Waals surface area contributed by atoms with Crippen molar-refractivity contribution in [1.82, 2.24) is 14.9 Å². The number of carbonyl (C=O) groups excluding carboxylic acids is 1. The van der Waals surface area contributed by atoms with E-state index in [0.717, 1.165) is 5.56 Å². The number of aliphatic carboxylic acids is 1. The number of imidazole rings is 1. The summed E-state index contributed by atoms with van der Waals surface area (Å²) in [6.07, 6.45) is 7.01. The van der Waals surface area contributed by atoms with E-state index >= 15 is 0 Å². The van der Waals surface area contributed by atoms with Crippen molar-refractivity contribution in [1.29, 1.82) is 0 Å². The SMILES string of the molecule is CSCC[C@H](NC(=O)c1cc(C(OCCn2ccnc2)c2ccc(F)cc2)ccc1Cc1ccc(F)cc1)C(=O)O. The topological polar surface area (TPSA) is 93.5 Å². The number of benzene rings is 3. The van der Waals surface area contributed by atoms with Gasteiger partial charge in [0.2, 0.25) is 0 Å². The Morgan fingerprint density at radius 2 is 1.71 bits per heavy atom. The first-order chi connectivity index (χ1) is 19.8. The standard InChI is InChI=1S/C31H31F2N3O4S/c1-41-17-12-28(31(38)39)35-30(37)27-19-24(5-4-23(27)18-21-2-8-25(32)9-3-21)29(22-6-10-26(33)11-7-22)40-16-15-36-14-13-34-20-36/h2-11,13-14,19-20,28-29H,12,15-18H2,1H3,(H,35,37)(H,38,39)/t28-,29?/m0/s1. The highest BCUT2D eigenvalue weighted by Crippen LogP contribution is 2.29. The molecule has 0 spiro atoms. The molecule has 2 N–H and O–H groups in total. The van der Waals surface area contributed by atoms with Crippen LogP contribution in [0, 0.1) is 11.6 Å². The number of nitrogens with one attached hydrogen (secondary N) is 1. The highest BCUT2D eigenvalue weighted by atomic mass is 32.2. The van der Waals surface area contributed by atoms with Crippen LogP contribution in [0.4, 0.5) is 8.78 Å². The fraction of sp³-hybridized carbons (Fsp3) is 0.258. The lowest BCUT2D eigenvalue weighted by atomic mass is 9.93. The van der Waals surface area contributed by atoms with Gasteiger partial charge in [0.1, 0.15) is 23.8 Å². The molecule has 0 aliphatic carbocycles. The van der Waals surface area contributed by atoms with Crippen LogP contribution in [0.5, 0.6) is 0 Å². The minimum Gasteiger partial charge on any atom is -0.480 e. The lowest BCUT2D eigenvalue weighted by Gasteiger charge is -2.22. The maximum Gasteiger partial charge on any atom is 0.326 e. The number of hydrogen-bond acceptors (Lipinski definition) is 5. The molecule has 0 fully saturated rings. The number of carbonyl (C=O) groups is 2. The average Bonchev–Trinajstić information content (AvgIpc) is 3.49. The minimum absolute atomic E-state index is 0.269. The van der Waals surface area contributed by atoms with Crippen LogP contribution in [0.3, 0.4) is 0 Å². The lowest BCUT2D eigenvalue weighted by molar-refractivity contribution is -0.139. The second-order valence-corrected chi connectivity index (χ2v) is 10.5. The number of nitrogens with zero attached hydrogens (tertiary/aromatic N) is 2. The van der Waals surface area contributed by atoms with E-state index in [-0.39, 0.29) is 23.6 Å². The molecule has 41 heavy (non-hydrogen) atoms. The Labute approximate surface area is 241 Å². The van der Waals surface area contributed by atoms with Crippen molar-refractivity contribution in [3.8, 4) is 0 Å². The Balaban J connectivity index is 1.69. The number of rotatable bonds is 14. The van der Waals surface area contributed by atoms with Crippen LogP contribution < -0.4 is 5.32 Å². The number of amides is 1. The molecule has 1 unspecified atom stereocenters. The molecule has 4 rings (SSSR count). The van der Waals surface area contributed by atoms with Crippen LogP contribution in [0.25, 0.3) is 0 Å². The Kier molecular flexibility index (Phi) is 10.6. The molecule has 0 radical (unpaired) electrons. The van der Waals surface area contributed by atoms with Gasteiger partial charge in [-0.25, -0.2) is 18.6 Å². The zero-order chi connectivity index (χ0) is 29.2. The van der Waals surface area contributed by atoms with E-state index in [1.165, 1.54) is 36.0 Å². The monoisotopic (exact) mass is 579 g/mol. The number of carboxylic acids is 1. The largest absolute Gasteiger partial charge is 0.480 e. The Morgan fingerprint density at radius 1 is 1.02 bits per heavy atom. The van der Waals surface area contributed by atoms with Gasteiger partial charge < -0.3 is 19.7 Å². The molecular formula is C31H31F2N3O4S. The van der Waals surface area contributed by atoms with E-state index in [1.54, 1.807) is 48.9 Å². The van der Waals surface area contributed by atoms with Crippen molar-refractivity contribution in [3.05, 3.63) is 125 Å². The van der Waals surface area contributed by atoms with E-state index in [0.29, 0.717) is 42.0 Å². The predicted octanol–water partition coefficient (Wildman–Crippen LogP) is 5.49. The second-order valence-electron chi connectivity index (χ2n) is 9.47. The number of aromatic nitrogens is 2. The van der Waals surface area contributed by atoms with Gasteiger partial charge in [0.05, 0.1) is 12.9 Å². The van der Waals surface area contributed by atoms with Gasteiger partial charge >= 0.3 is 5.97 Å². The lowest BCUT2D eigenvalue weighted by Crippen LogP contribution is -2.41. The van der Waals surface area contributed by atoms with Gasteiger partial charge in [-0.15, -0.1) is 0 Å². The average molecular weight is 580 g/mol. The fourth-order valence-electron chi connectivity index (χ4n) is 4.39. The van der Waals surface area contributed by atoms with Crippen molar-refractivity contribution in [3.63, 3.8) is 0 Å². The van der Waals surface area contributed by atoms with E-state index in [9.17, 15) is 23.5 Å². The maximum absolute atomic E-state index is 13.7. The van der Waals surface area contributed by atoms with Crippen molar-refractivity contribution in [2.45, 2.75) is 31.5 Å². The molecule has 1 aromatic heterocycles. The van der Waals surface area contributed by atoms with E-state index in [4.69, 9.17) is 4.74 Å². The summed E-state index contributed by atoms with van der Waals surface area (Å²) in [4.78, 5) is 29.5. The van der Waals surface area contributed by atoms with Gasteiger partial charge in [0.15, 0.2) is 0 Å². The van der Waals surface area contributed by atoms with E-state index in [2.05, 4.69) is 10.3 Å². The minimum atomic E-state index is -1.12. The Bertz CT molecular complexity index is 1430. The number of halogens is 2. The highest BCUT2D eigenvalue weighted by molar-refractivity contribution is 7.98. The molecule has 0 saturated heterocycles. The molecule has 0 aliphatic heterocycles. The normalized spacial score (nSPS) is 12.6. The summed E-state index contributed by atoms with van der Waals surface area (Å²) in [7, 11) is 0. The molecule has 0 bridgehead atoms. The molecule has 214 valence electrons. The number of hydrogen-bond donors (Lipinski definition) is 2. The molecule has 0 aliphatic rings. The molecular weight excluding hydrogens is 548 g/mol. The third kappa shape index (κ3) is 8.48. The highest BCUT2D eigenvalue weighted by Gasteiger charge is 2.24. The fourth-order valence-corrected chi connectivity index (χ4v) is 4.86. The molecule has 1 heterocycles. The van der Waals surface area contributed by atoms with Gasteiger partial charge in [-0.05, 0) is 77.4 Å². The Hall–Kier alpha value is -4.02. The summed E-state index contributed by atoms with van der Waals surface area (Å²) >= 11 is 1.49. The van der Waals surface area contributed by atoms with Gasteiger partial charge in [-0.2, -0.15) is 11.8 Å². The van der Waals surface area contributed by atoms with Crippen LogP contribution in [-0.4, -0.2) is 51.2 Å². The zero-order valence-electron chi connectivity index (χ0n) is 22.5. The molecule has 3 aromatic carbocycles. The van der Waals surface area contributed by atoms with E-state index < -0.39 is 24.0 Å². The Morgan fingerprint density at radius 3 is 2.34 bits per heavy atom. The van der Waals surface area contributed by atoms with Gasteiger partial charge in [0.25, 0.3) is 5.91 Å². The van der Waals surface area contributed by atoms with Crippen LogP contribution in [0.1, 0.15) is 45.1 Å². The molecule has 1 amide bonds. The summed E-state index contributed by atoms with van der Waals surface area (Å²) < 4.78 is 35.4. The quantitative estimate of drug-likeness (QED) is 0.205. The third-order valence-electron chi connectivity index (χ3n) is 6.57. The molecule has 4 aromatic rings. The number of carboxylic acid groups (broad SMARTS) is 1. The van der Waals surface area contributed by atoms with E-state index in [1.807, 2.05) is 23.1 Å². The smallest absolute Gasteiger partial charge is 0.326 e. The first-order valence-electron chi connectivity index (χ1n) is 13.1. The summed E-state index contributed by atoms with van der Waals surface area (Å²) in [6.45, 7) is 0.844. The summed E-state index contributed by atoms with van der Waals surface area (Å²) in [5.74, 6) is -1.83. The molecule has 2 atom stereocenters. The van der Waals surface area contributed by atoms with Crippen LogP contribution >= 0.6 is 11.8 Å². The van der Waals surface area contributed by atoms with Gasteiger partial charge in [0, 0.05) is 24.5 Å². The molecule has 0 saturated carbocycles. The van der Waals surface area contributed by atoms with Gasteiger partial charge in [-0.1, -0.05) is 36.4 Å².